The Labute approximate surface area is 108 Å². The van der Waals surface area contributed by atoms with Crippen LogP contribution in [-0.4, -0.2) is 20.1 Å². The number of aromatic nitrogens is 3. The van der Waals surface area contributed by atoms with Crippen molar-refractivity contribution in [2.45, 2.75) is 26.4 Å². The fourth-order valence-corrected chi connectivity index (χ4v) is 1.78. The highest BCUT2D eigenvalue weighted by Crippen LogP contribution is 2.20. The van der Waals surface area contributed by atoms with E-state index in [-0.39, 0.29) is 0 Å². The molecule has 1 unspecified atom stereocenters. The Morgan fingerprint density at radius 2 is 2.24 bits per heavy atom. The van der Waals surface area contributed by atoms with Gasteiger partial charge in [-0.15, -0.1) is 5.10 Å². The number of hydrogen-bond acceptors (Lipinski definition) is 3. The number of aliphatic hydroxyl groups excluding tert-OH is 1. The number of aliphatic hydroxyl groups is 1. The molecular formula is C12H14BrN3O. The second-order valence-corrected chi connectivity index (χ2v) is 4.80. The Bertz CT molecular complexity index is 524. The molecule has 0 saturated carbocycles. The fraction of sp³-hybridized carbons (Fsp3) is 0.333. The van der Waals surface area contributed by atoms with Crippen LogP contribution in [0.2, 0.25) is 0 Å². The molecule has 0 aliphatic heterocycles. The lowest BCUT2D eigenvalue weighted by Crippen LogP contribution is -1.96. The number of rotatable bonds is 3. The molecule has 0 amide bonds. The topological polar surface area (TPSA) is 50.9 Å². The zero-order valence-electron chi connectivity index (χ0n) is 9.76. The van der Waals surface area contributed by atoms with Crippen LogP contribution in [0.1, 0.15) is 30.7 Å². The summed E-state index contributed by atoms with van der Waals surface area (Å²) in [7, 11) is 0. The van der Waals surface area contributed by atoms with Gasteiger partial charge in [-0.2, -0.15) is 0 Å². The average molecular weight is 296 g/mol. The van der Waals surface area contributed by atoms with Gasteiger partial charge in [-0.1, -0.05) is 28.1 Å². The summed E-state index contributed by atoms with van der Waals surface area (Å²) in [5.41, 5.74) is 2.68. The van der Waals surface area contributed by atoms with Crippen LogP contribution in [0, 0.1) is 6.92 Å². The molecule has 1 aromatic carbocycles. The van der Waals surface area contributed by atoms with E-state index in [1.54, 1.807) is 10.9 Å². The van der Waals surface area contributed by atoms with Gasteiger partial charge in [0, 0.05) is 4.47 Å². The molecule has 17 heavy (non-hydrogen) atoms. The van der Waals surface area contributed by atoms with Crippen molar-refractivity contribution in [2.24, 2.45) is 0 Å². The van der Waals surface area contributed by atoms with Crippen LogP contribution in [0.3, 0.4) is 0 Å². The van der Waals surface area contributed by atoms with E-state index in [4.69, 9.17) is 0 Å². The molecule has 1 heterocycles. The molecule has 0 aliphatic carbocycles. The van der Waals surface area contributed by atoms with E-state index in [0.29, 0.717) is 12.1 Å². The van der Waals surface area contributed by atoms with Crippen molar-refractivity contribution in [1.82, 2.24) is 15.0 Å². The second-order valence-electron chi connectivity index (χ2n) is 3.95. The molecule has 5 heteroatoms. The summed E-state index contributed by atoms with van der Waals surface area (Å²) in [4.78, 5) is 0. The highest BCUT2D eigenvalue weighted by atomic mass is 79.9. The highest BCUT2D eigenvalue weighted by Gasteiger charge is 2.10. The molecule has 1 atom stereocenters. The number of benzene rings is 1. The van der Waals surface area contributed by atoms with Gasteiger partial charge in [0.15, 0.2) is 0 Å². The molecule has 0 spiro atoms. The third kappa shape index (κ3) is 2.56. The monoisotopic (exact) mass is 295 g/mol. The molecule has 90 valence electrons. The Morgan fingerprint density at radius 1 is 1.47 bits per heavy atom. The molecule has 0 aliphatic rings. The fourth-order valence-electron chi connectivity index (χ4n) is 1.54. The number of nitrogens with zero attached hydrogens (tertiary/aromatic N) is 3. The van der Waals surface area contributed by atoms with Crippen molar-refractivity contribution in [2.75, 3.05) is 0 Å². The van der Waals surface area contributed by atoms with Gasteiger partial charge in [-0.05, 0) is 37.1 Å². The number of hydrogen-bond donors (Lipinski definition) is 1. The lowest BCUT2D eigenvalue weighted by atomic mass is 10.2. The zero-order valence-corrected chi connectivity index (χ0v) is 11.3. The van der Waals surface area contributed by atoms with Gasteiger partial charge >= 0.3 is 0 Å². The van der Waals surface area contributed by atoms with E-state index >= 15 is 0 Å². The second kappa shape index (κ2) is 4.98. The Morgan fingerprint density at radius 3 is 2.88 bits per heavy atom. The minimum Gasteiger partial charge on any atom is -0.387 e. The van der Waals surface area contributed by atoms with Crippen LogP contribution in [0.15, 0.2) is 28.9 Å². The van der Waals surface area contributed by atoms with Crippen LogP contribution in [0.25, 0.3) is 5.69 Å². The van der Waals surface area contributed by atoms with Crippen molar-refractivity contribution < 1.29 is 5.11 Å². The summed E-state index contributed by atoms with van der Waals surface area (Å²) in [5.74, 6) is 0. The van der Waals surface area contributed by atoms with Gasteiger partial charge in [0.2, 0.25) is 0 Å². The van der Waals surface area contributed by atoms with Crippen molar-refractivity contribution in [3.05, 3.63) is 40.1 Å². The molecular weight excluding hydrogens is 282 g/mol. The van der Waals surface area contributed by atoms with Crippen molar-refractivity contribution in [3.8, 4) is 5.69 Å². The van der Waals surface area contributed by atoms with Gasteiger partial charge in [-0.3, -0.25) is 0 Å². The molecule has 0 fully saturated rings. The molecule has 0 bridgehead atoms. The summed E-state index contributed by atoms with van der Waals surface area (Å²) in [6.07, 6.45) is 1.86. The molecule has 1 N–H and O–H groups in total. The number of aryl methyl sites for hydroxylation is 1. The van der Waals surface area contributed by atoms with E-state index in [0.717, 1.165) is 15.7 Å². The largest absolute Gasteiger partial charge is 0.387 e. The van der Waals surface area contributed by atoms with Crippen molar-refractivity contribution in [1.29, 1.82) is 0 Å². The molecule has 4 nitrogen and oxygen atoms in total. The first kappa shape index (κ1) is 12.3. The van der Waals surface area contributed by atoms with E-state index < -0.39 is 6.10 Å². The predicted molar refractivity (Wildman–Crippen MR) is 69.0 cm³/mol. The van der Waals surface area contributed by atoms with E-state index in [9.17, 15) is 5.11 Å². The lowest BCUT2D eigenvalue weighted by molar-refractivity contribution is 0.169. The smallest absolute Gasteiger partial charge is 0.112 e. The molecule has 0 saturated heterocycles. The standard InChI is InChI=1S/C12H14BrN3O/c1-3-12(17)11-7-16(15-14-11)9-4-5-10(13)8(2)6-9/h4-7,12,17H,3H2,1-2H3. The third-order valence-corrected chi connectivity index (χ3v) is 3.54. The maximum absolute atomic E-state index is 9.66. The van der Waals surface area contributed by atoms with Crippen LogP contribution >= 0.6 is 15.9 Å². The first-order valence-electron chi connectivity index (χ1n) is 5.48. The quantitative estimate of drug-likeness (QED) is 0.947. The first-order chi connectivity index (χ1) is 8.11. The third-order valence-electron chi connectivity index (χ3n) is 2.65. The van der Waals surface area contributed by atoms with E-state index in [1.807, 2.05) is 32.0 Å². The van der Waals surface area contributed by atoms with Crippen LogP contribution in [-0.2, 0) is 0 Å². The minimum atomic E-state index is -0.541. The maximum Gasteiger partial charge on any atom is 0.112 e. The molecule has 2 rings (SSSR count). The van der Waals surface area contributed by atoms with Crippen LogP contribution in [0.5, 0.6) is 0 Å². The Kier molecular flexibility index (Phi) is 3.59. The van der Waals surface area contributed by atoms with Gasteiger partial charge in [-0.25, -0.2) is 4.68 Å². The lowest BCUT2D eigenvalue weighted by Gasteiger charge is -2.03. The van der Waals surface area contributed by atoms with Crippen LogP contribution in [0.4, 0.5) is 0 Å². The Hall–Kier alpha value is -1.20. The molecule has 0 radical (unpaired) electrons. The summed E-state index contributed by atoms with van der Waals surface area (Å²) in [5, 5.41) is 17.6. The first-order valence-corrected chi connectivity index (χ1v) is 6.28. The van der Waals surface area contributed by atoms with Gasteiger partial charge in [0.25, 0.3) is 0 Å². The van der Waals surface area contributed by atoms with E-state index in [2.05, 4.69) is 26.2 Å². The summed E-state index contributed by atoms with van der Waals surface area (Å²) in [6, 6.07) is 5.94. The van der Waals surface area contributed by atoms with Gasteiger partial charge in [0.1, 0.15) is 5.69 Å². The highest BCUT2D eigenvalue weighted by molar-refractivity contribution is 9.10. The SMILES string of the molecule is CCC(O)c1cn(-c2ccc(Br)c(C)c2)nn1. The summed E-state index contributed by atoms with van der Waals surface area (Å²) in [6.45, 7) is 3.93. The Balaban J connectivity index is 2.33. The molecule has 2 aromatic rings. The molecule has 1 aromatic heterocycles. The summed E-state index contributed by atoms with van der Waals surface area (Å²) < 4.78 is 2.74. The van der Waals surface area contributed by atoms with Crippen LogP contribution < -0.4 is 0 Å². The predicted octanol–water partition coefficient (Wildman–Crippen LogP) is 2.78. The summed E-state index contributed by atoms with van der Waals surface area (Å²) >= 11 is 3.46. The van der Waals surface area contributed by atoms with Gasteiger partial charge in [0.05, 0.1) is 18.0 Å². The minimum absolute atomic E-state index is 0.541. The number of halogens is 1. The van der Waals surface area contributed by atoms with Crippen molar-refractivity contribution >= 4 is 15.9 Å². The van der Waals surface area contributed by atoms with E-state index in [1.165, 1.54) is 0 Å². The average Bonchev–Trinajstić information content (AvgIpc) is 2.81. The zero-order chi connectivity index (χ0) is 12.4. The van der Waals surface area contributed by atoms with Crippen molar-refractivity contribution in [3.63, 3.8) is 0 Å². The van der Waals surface area contributed by atoms with Gasteiger partial charge < -0.3 is 5.11 Å². The maximum atomic E-state index is 9.66. The normalized spacial score (nSPS) is 12.7.